The van der Waals surface area contributed by atoms with Crippen LogP contribution in [0.1, 0.15) is 38.2 Å². The van der Waals surface area contributed by atoms with E-state index in [1.807, 2.05) is 13.0 Å². The molecule has 1 aliphatic carbocycles. The van der Waals surface area contributed by atoms with Crippen LogP contribution < -0.4 is 5.32 Å². The van der Waals surface area contributed by atoms with E-state index < -0.39 is 0 Å². The van der Waals surface area contributed by atoms with Crippen molar-refractivity contribution in [3.63, 3.8) is 0 Å². The van der Waals surface area contributed by atoms with Crippen LogP contribution in [0.2, 0.25) is 0 Å². The Morgan fingerprint density at radius 1 is 1.39 bits per heavy atom. The van der Waals surface area contributed by atoms with E-state index in [0.717, 1.165) is 12.8 Å². The normalized spacial score (nSPS) is 25.8. The first-order valence-electron chi connectivity index (χ1n) is 6.67. The quantitative estimate of drug-likeness (QED) is 0.785. The second-order valence-corrected chi connectivity index (χ2v) is 4.84. The molecule has 1 N–H and O–H groups in total. The standard InChI is InChI=1S/C15H21NO2/c1-3-15(16-11-14(17)18-4-2)10-13(15)12-8-6-5-7-9-12/h5-9,13,16H,3-4,10-11H2,1-2H3/t13-,15+/m0/s1. The maximum absolute atomic E-state index is 11.4. The number of carbonyl (C=O) groups excluding carboxylic acids is 1. The molecule has 1 aliphatic rings. The molecular weight excluding hydrogens is 226 g/mol. The van der Waals surface area contributed by atoms with E-state index in [1.54, 1.807) is 0 Å². The van der Waals surface area contributed by atoms with Gasteiger partial charge in [-0.25, -0.2) is 0 Å². The highest BCUT2D eigenvalue weighted by molar-refractivity contribution is 5.71. The fraction of sp³-hybridized carbons (Fsp3) is 0.533. The number of benzene rings is 1. The molecule has 1 aromatic carbocycles. The summed E-state index contributed by atoms with van der Waals surface area (Å²) in [5.74, 6) is 0.363. The van der Waals surface area contributed by atoms with E-state index in [2.05, 4.69) is 36.5 Å². The van der Waals surface area contributed by atoms with Crippen molar-refractivity contribution in [1.82, 2.24) is 5.32 Å². The van der Waals surface area contributed by atoms with Gasteiger partial charge in [0.1, 0.15) is 0 Å². The summed E-state index contributed by atoms with van der Waals surface area (Å²) in [7, 11) is 0. The zero-order valence-corrected chi connectivity index (χ0v) is 11.1. The third-order valence-electron chi connectivity index (χ3n) is 3.80. The van der Waals surface area contributed by atoms with Crippen molar-refractivity contribution in [3.8, 4) is 0 Å². The first-order valence-corrected chi connectivity index (χ1v) is 6.67. The van der Waals surface area contributed by atoms with Crippen molar-refractivity contribution in [2.75, 3.05) is 13.2 Å². The van der Waals surface area contributed by atoms with Crippen LogP contribution in [-0.2, 0) is 9.53 Å². The fourth-order valence-corrected chi connectivity index (χ4v) is 2.60. The molecule has 2 rings (SSSR count). The molecule has 3 nitrogen and oxygen atoms in total. The summed E-state index contributed by atoms with van der Waals surface area (Å²) in [5, 5.41) is 3.38. The average molecular weight is 247 g/mol. The second-order valence-electron chi connectivity index (χ2n) is 4.84. The molecule has 0 amide bonds. The highest BCUT2D eigenvalue weighted by Gasteiger charge is 2.53. The third kappa shape index (κ3) is 2.72. The van der Waals surface area contributed by atoms with Crippen LogP contribution in [0.4, 0.5) is 0 Å². The van der Waals surface area contributed by atoms with Crippen LogP contribution >= 0.6 is 0 Å². The molecule has 0 spiro atoms. The second kappa shape index (κ2) is 5.53. The molecule has 3 heteroatoms. The smallest absolute Gasteiger partial charge is 0.319 e. The van der Waals surface area contributed by atoms with Gasteiger partial charge in [0.2, 0.25) is 0 Å². The average Bonchev–Trinajstić information content (AvgIpc) is 3.13. The summed E-state index contributed by atoms with van der Waals surface area (Å²) in [6, 6.07) is 10.5. The molecule has 0 radical (unpaired) electrons. The number of hydrogen-bond acceptors (Lipinski definition) is 3. The minimum atomic E-state index is -0.163. The zero-order chi connectivity index (χ0) is 13.0. The largest absolute Gasteiger partial charge is 0.465 e. The van der Waals surface area contributed by atoms with Gasteiger partial charge in [0.25, 0.3) is 0 Å². The summed E-state index contributed by atoms with van der Waals surface area (Å²) in [5.41, 5.74) is 1.45. The fourth-order valence-electron chi connectivity index (χ4n) is 2.60. The van der Waals surface area contributed by atoms with Crippen molar-refractivity contribution < 1.29 is 9.53 Å². The number of esters is 1. The number of hydrogen-bond donors (Lipinski definition) is 1. The number of ether oxygens (including phenoxy) is 1. The lowest BCUT2D eigenvalue weighted by molar-refractivity contribution is -0.142. The maximum atomic E-state index is 11.4. The lowest BCUT2D eigenvalue weighted by atomic mass is 10.0. The molecule has 98 valence electrons. The Balaban J connectivity index is 1.93. The molecule has 0 heterocycles. The van der Waals surface area contributed by atoms with Gasteiger partial charge in [0, 0.05) is 11.5 Å². The highest BCUT2D eigenvalue weighted by atomic mass is 16.5. The Hall–Kier alpha value is -1.35. The SMILES string of the molecule is CCOC(=O)CN[C@]1(CC)C[C@H]1c1ccccc1. The number of rotatable bonds is 6. The van der Waals surface area contributed by atoms with Gasteiger partial charge in [-0.05, 0) is 25.3 Å². The summed E-state index contributed by atoms with van der Waals surface area (Å²) in [6.07, 6.45) is 2.14. The van der Waals surface area contributed by atoms with Crippen molar-refractivity contribution in [3.05, 3.63) is 35.9 Å². The van der Waals surface area contributed by atoms with E-state index >= 15 is 0 Å². The van der Waals surface area contributed by atoms with Gasteiger partial charge in [0.15, 0.2) is 0 Å². The van der Waals surface area contributed by atoms with E-state index in [-0.39, 0.29) is 11.5 Å². The van der Waals surface area contributed by atoms with Gasteiger partial charge >= 0.3 is 5.97 Å². The summed E-state index contributed by atoms with van der Waals surface area (Å²) in [4.78, 5) is 11.4. The van der Waals surface area contributed by atoms with E-state index in [0.29, 0.717) is 19.1 Å². The van der Waals surface area contributed by atoms with E-state index in [4.69, 9.17) is 4.74 Å². The van der Waals surface area contributed by atoms with Crippen molar-refractivity contribution in [2.24, 2.45) is 0 Å². The molecule has 0 bridgehead atoms. The summed E-state index contributed by atoms with van der Waals surface area (Å²) >= 11 is 0. The third-order valence-corrected chi connectivity index (χ3v) is 3.80. The summed E-state index contributed by atoms with van der Waals surface area (Å²) < 4.78 is 4.95. The predicted octanol–water partition coefficient (Wildman–Crippen LogP) is 2.48. The lowest BCUT2D eigenvalue weighted by Gasteiger charge is -2.17. The van der Waals surface area contributed by atoms with Gasteiger partial charge in [-0.2, -0.15) is 0 Å². The number of carbonyl (C=O) groups is 1. The van der Waals surface area contributed by atoms with Crippen LogP contribution in [0.25, 0.3) is 0 Å². The molecule has 0 aliphatic heterocycles. The van der Waals surface area contributed by atoms with Gasteiger partial charge in [0.05, 0.1) is 13.2 Å². The Kier molecular flexibility index (Phi) is 4.02. The predicted molar refractivity (Wildman–Crippen MR) is 71.5 cm³/mol. The Morgan fingerprint density at radius 2 is 2.11 bits per heavy atom. The molecule has 0 saturated heterocycles. The van der Waals surface area contributed by atoms with Gasteiger partial charge < -0.3 is 10.1 Å². The zero-order valence-electron chi connectivity index (χ0n) is 11.1. The van der Waals surface area contributed by atoms with Gasteiger partial charge in [-0.15, -0.1) is 0 Å². The van der Waals surface area contributed by atoms with Gasteiger partial charge in [-0.3, -0.25) is 4.79 Å². The highest BCUT2D eigenvalue weighted by Crippen LogP contribution is 2.53. The topological polar surface area (TPSA) is 38.3 Å². The molecule has 0 aromatic heterocycles. The molecule has 0 unspecified atom stereocenters. The first-order chi connectivity index (χ1) is 8.72. The van der Waals surface area contributed by atoms with Crippen LogP contribution in [-0.4, -0.2) is 24.7 Å². The van der Waals surface area contributed by atoms with E-state index in [9.17, 15) is 4.79 Å². The van der Waals surface area contributed by atoms with Crippen molar-refractivity contribution in [1.29, 1.82) is 0 Å². The molecular formula is C15H21NO2. The minimum Gasteiger partial charge on any atom is -0.465 e. The first kappa shape index (κ1) is 13.1. The molecule has 1 saturated carbocycles. The molecule has 18 heavy (non-hydrogen) atoms. The molecule has 1 aromatic rings. The lowest BCUT2D eigenvalue weighted by Crippen LogP contribution is -2.37. The van der Waals surface area contributed by atoms with Crippen LogP contribution in [0.5, 0.6) is 0 Å². The molecule has 1 fully saturated rings. The Labute approximate surface area is 109 Å². The molecule has 2 atom stereocenters. The van der Waals surface area contributed by atoms with Crippen LogP contribution in [0, 0.1) is 0 Å². The number of nitrogens with one attached hydrogen (secondary N) is 1. The van der Waals surface area contributed by atoms with Crippen LogP contribution in [0.3, 0.4) is 0 Å². The van der Waals surface area contributed by atoms with Crippen molar-refractivity contribution >= 4 is 5.97 Å². The summed E-state index contributed by atoms with van der Waals surface area (Å²) in [6.45, 7) is 4.76. The van der Waals surface area contributed by atoms with Gasteiger partial charge in [-0.1, -0.05) is 37.3 Å². The van der Waals surface area contributed by atoms with Crippen LogP contribution in [0.15, 0.2) is 30.3 Å². The maximum Gasteiger partial charge on any atom is 0.319 e. The monoisotopic (exact) mass is 247 g/mol. The van der Waals surface area contributed by atoms with Crippen molar-refractivity contribution in [2.45, 2.75) is 38.1 Å². The Bertz CT molecular complexity index is 404. The minimum absolute atomic E-state index is 0.0914. The van der Waals surface area contributed by atoms with E-state index in [1.165, 1.54) is 5.56 Å². The Morgan fingerprint density at radius 3 is 2.72 bits per heavy atom.